The summed E-state index contributed by atoms with van der Waals surface area (Å²) < 4.78 is 0. The molecule has 1 aromatic heterocycles. The third kappa shape index (κ3) is 5.40. The van der Waals surface area contributed by atoms with Gasteiger partial charge in [-0.05, 0) is 67.1 Å². The van der Waals surface area contributed by atoms with Crippen molar-refractivity contribution in [3.63, 3.8) is 0 Å². The number of nitrogens with one attached hydrogen (secondary N) is 1. The number of aromatic nitrogens is 1. The van der Waals surface area contributed by atoms with Crippen LogP contribution in [0.4, 0.5) is 5.69 Å². The van der Waals surface area contributed by atoms with Crippen molar-refractivity contribution in [2.75, 3.05) is 18.5 Å². The van der Waals surface area contributed by atoms with Crippen LogP contribution in [-0.4, -0.2) is 24.5 Å². The average Bonchev–Trinajstić information content (AvgIpc) is 3.61. The average molecular weight is 434 g/mol. The molecule has 0 atom stereocenters. The molecule has 172 valence electrons. The van der Waals surface area contributed by atoms with Gasteiger partial charge in [0.15, 0.2) is 0 Å². The van der Waals surface area contributed by atoms with Gasteiger partial charge in [0.1, 0.15) is 0 Å². The quantitative estimate of drug-likeness (QED) is 0.395. The highest BCUT2D eigenvalue weighted by Crippen LogP contribution is 2.46. The first-order valence-corrected chi connectivity index (χ1v) is 12.7. The smallest absolute Gasteiger partial charge is 0.227 e. The molecule has 1 aliphatic carbocycles. The van der Waals surface area contributed by atoms with Gasteiger partial charge >= 0.3 is 0 Å². The van der Waals surface area contributed by atoms with Crippen molar-refractivity contribution in [3.05, 3.63) is 47.8 Å². The van der Waals surface area contributed by atoms with Crippen LogP contribution in [0.15, 0.2) is 36.7 Å². The second kappa shape index (κ2) is 10.6. The molecule has 0 radical (unpaired) electrons. The molecule has 4 nitrogen and oxygen atoms in total. The van der Waals surface area contributed by atoms with E-state index in [1.807, 2.05) is 19.4 Å². The minimum atomic E-state index is 0.130. The van der Waals surface area contributed by atoms with E-state index in [1.165, 1.54) is 86.5 Å². The number of nitrogens with zero attached hydrogens (tertiary/aromatic N) is 2. The van der Waals surface area contributed by atoms with Crippen molar-refractivity contribution in [1.82, 2.24) is 10.3 Å². The van der Waals surface area contributed by atoms with Crippen LogP contribution in [0.5, 0.6) is 0 Å². The Balaban J connectivity index is 1.33. The third-order valence-corrected chi connectivity index (χ3v) is 7.29. The van der Waals surface area contributed by atoms with Crippen molar-refractivity contribution in [2.24, 2.45) is 0 Å². The number of pyridine rings is 1. The highest BCUT2D eigenvalue weighted by molar-refractivity contribution is 5.96. The molecule has 0 saturated heterocycles. The van der Waals surface area contributed by atoms with Crippen LogP contribution >= 0.6 is 0 Å². The summed E-state index contributed by atoms with van der Waals surface area (Å²) in [5.74, 6) is 0.201. The van der Waals surface area contributed by atoms with Crippen molar-refractivity contribution in [3.8, 4) is 11.1 Å². The predicted octanol–water partition coefficient (Wildman–Crippen LogP) is 6.38. The van der Waals surface area contributed by atoms with Gasteiger partial charge in [-0.15, -0.1) is 0 Å². The van der Waals surface area contributed by atoms with Gasteiger partial charge in [0.25, 0.3) is 0 Å². The van der Waals surface area contributed by atoms with E-state index in [0.717, 1.165) is 18.7 Å². The summed E-state index contributed by atoms with van der Waals surface area (Å²) >= 11 is 0. The second-order valence-corrected chi connectivity index (χ2v) is 9.74. The number of aryl methyl sites for hydroxylation is 1. The Bertz CT molecular complexity index is 919. The number of hydrogen-bond acceptors (Lipinski definition) is 3. The summed E-state index contributed by atoms with van der Waals surface area (Å²) in [6.45, 7) is 3.37. The Morgan fingerprint density at radius 3 is 2.44 bits per heavy atom. The topological polar surface area (TPSA) is 45.2 Å². The molecule has 1 fully saturated rings. The zero-order valence-electron chi connectivity index (χ0n) is 20.0. The number of rotatable bonds is 12. The minimum Gasteiger partial charge on any atom is -0.315 e. The maximum Gasteiger partial charge on any atom is 0.227 e. The van der Waals surface area contributed by atoms with Crippen LogP contribution in [0.2, 0.25) is 0 Å². The molecular weight excluding hydrogens is 394 g/mol. The van der Waals surface area contributed by atoms with Crippen LogP contribution < -0.4 is 10.2 Å². The van der Waals surface area contributed by atoms with Crippen LogP contribution in [-0.2, 0) is 16.8 Å². The Morgan fingerprint density at radius 2 is 1.69 bits per heavy atom. The third-order valence-electron chi connectivity index (χ3n) is 7.29. The minimum absolute atomic E-state index is 0.130. The lowest BCUT2D eigenvalue weighted by atomic mass is 9.95. The molecule has 4 heteroatoms. The molecule has 1 N–H and O–H groups in total. The van der Waals surface area contributed by atoms with Gasteiger partial charge in [-0.2, -0.15) is 0 Å². The first-order valence-electron chi connectivity index (χ1n) is 12.7. The van der Waals surface area contributed by atoms with Gasteiger partial charge in [-0.3, -0.25) is 9.78 Å². The monoisotopic (exact) mass is 433 g/mol. The van der Waals surface area contributed by atoms with Crippen molar-refractivity contribution in [1.29, 1.82) is 0 Å². The van der Waals surface area contributed by atoms with E-state index in [4.69, 9.17) is 0 Å². The number of benzene rings is 1. The summed E-state index contributed by atoms with van der Waals surface area (Å²) in [7, 11) is 1.87. The molecule has 0 unspecified atom stereocenters. The van der Waals surface area contributed by atoms with Crippen molar-refractivity contribution >= 4 is 11.6 Å². The fraction of sp³-hybridized carbons (Fsp3) is 0.571. The molecule has 2 aromatic rings. The van der Waals surface area contributed by atoms with Gasteiger partial charge in [-0.25, -0.2) is 0 Å². The maximum absolute atomic E-state index is 12.0. The zero-order valence-corrected chi connectivity index (χ0v) is 20.0. The van der Waals surface area contributed by atoms with Crippen molar-refractivity contribution in [2.45, 2.75) is 89.5 Å². The zero-order chi connectivity index (χ0) is 22.4. The Morgan fingerprint density at radius 1 is 0.938 bits per heavy atom. The SMILES string of the molecule is CCCCCCCCCCNC1(c2cncc(-c3ccc4c(c3)CCC(=O)N4C)c2)CC1. The number of anilines is 1. The standard InChI is InChI=1S/C28H39N3O/c1-3-4-5-6-7-8-9-10-17-30-28(15-16-28)25-19-24(20-29-21-25)22-11-13-26-23(18-22)12-14-27(32)31(26)2/h11,13,18-21,30H,3-10,12,14-17H2,1-2H3. The van der Waals surface area contributed by atoms with E-state index < -0.39 is 0 Å². The summed E-state index contributed by atoms with van der Waals surface area (Å²) in [5, 5.41) is 3.85. The fourth-order valence-corrected chi connectivity index (χ4v) is 4.97. The van der Waals surface area contributed by atoms with E-state index in [1.54, 1.807) is 4.90 Å². The van der Waals surface area contributed by atoms with Gasteiger partial charge in [0.05, 0.1) is 0 Å². The molecule has 1 saturated carbocycles. The first-order chi connectivity index (χ1) is 15.6. The number of carbonyl (C=O) groups excluding carboxylic acids is 1. The molecular formula is C28H39N3O. The number of amides is 1. The molecule has 1 aliphatic heterocycles. The van der Waals surface area contributed by atoms with Crippen LogP contribution in [0.3, 0.4) is 0 Å². The molecule has 1 amide bonds. The highest BCUT2D eigenvalue weighted by Gasteiger charge is 2.44. The first kappa shape index (κ1) is 23.0. The number of hydrogen-bond donors (Lipinski definition) is 1. The van der Waals surface area contributed by atoms with Crippen molar-refractivity contribution < 1.29 is 4.79 Å². The number of carbonyl (C=O) groups is 1. The van der Waals surface area contributed by atoms with E-state index in [9.17, 15) is 4.79 Å². The molecule has 0 spiro atoms. The molecule has 32 heavy (non-hydrogen) atoms. The van der Waals surface area contributed by atoms with E-state index in [0.29, 0.717) is 6.42 Å². The van der Waals surface area contributed by atoms with E-state index >= 15 is 0 Å². The summed E-state index contributed by atoms with van der Waals surface area (Å²) in [6.07, 6.45) is 18.7. The maximum atomic E-state index is 12.0. The Kier molecular flexibility index (Phi) is 7.62. The van der Waals surface area contributed by atoms with Gasteiger partial charge in [0.2, 0.25) is 5.91 Å². The number of unbranched alkanes of at least 4 members (excludes halogenated alkanes) is 7. The predicted molar refractivity (Wildman–Crippen MR) is 133 cm³/mol. The van der Waals surface area contributed by atoms with Crippen LogP contribution in [0.25, 0.3) is 11.1 Å². The fourth-order valence-electron chi connectivity index (χ4n) is 4.97. The molecule has 0 bridgehead atoms. The van der Waals surface area contributed by atoms with Gasteiger partial charge in [0, 0.05) is 42.7 Å². The second-order valence-electron chi connectivity index (χ2n) is 9.74. The summed E-state index contributed by atoms with van der Waals surface area (Å²) in [6, 6.07) is 8.77. The lowest BCUT2D eigenvalue weighted by Crippen LogP contribution is -2.31. The van der Waals surface area contributed by atoms with Gasteiger partial charge < -0.3 is 10.2 Å². The van der Waals surface area contributed by atoms with E-state index in [2.05, 4.69) is 41.5 Å². The Hall–Kier alpha value is -2.20. The molecule has 2 heterocycles. The summed E-state index contributed by atoms with van der Waals surface area (Å²) in [5.41, 5.74) is 6.11. The normalized spacial score (nSPS) is 16.8. The summed E-state index contributed by atoms with van der Waals surface area (Å²) in [4.78, 5) is 18.4. The molecule has 1 aromatic carbocycles. The van der Waals surface area contributed by atoms with E-state index in [-0.39, 0.29) is 11.4 Å². The highest BCUT2D eigenvalue weighted by atomic mass is 16.2. The largest absolute Gasteiger partial charge is 0.315 e. The Labute approximate surface area is 193 Å². The van der Waals surface area contributed by atoms with Crippen LogP contribution in [0, 0.1) is 0 Å². The lowest BCUT2D eigenvalue weighted by Gasteiger charge is -2.26. The van der Waals surface area contributed by atoms with Crippen LogP contribution in [0.1, 0.15) is 88.7 Å². The number of fused-ring (bicyclic) bond motifs is 1. The molecule has 4 rings (SSSR count). The molecule has 2 aliphatic rings. The lowest BCUT2D eigenvalue weighted by molar-refractivity contribution is -0.118. The van der Waals surface area contributed by atoms with Gasteiger partial charge in [-0.1, -0.05) is 57.9 Å².